The summed E-state index contributed by atoms with van der Waals surface area (Å²) in [5.74, 6) is 0.634. The van der Waals surface area contributed by atoms with Crippen LogP contribution in [0.4, 0.5) is 11.4 Å². The van der Waals surface area contributed by atoms with E-state index in [1.54, 1.807) is 43.3 Å². The lowest BCUT2D eigenvalue weighted by Gasteiger charge is -2.29. The molecule has 0 bridgehead atoms. The van der Waals surface area contributed by atoms with Gasteiger partial charge in [-0.3, -0.25) is 19.3 Å². The average Bonchev–Trinajstić information content (AvgIpc) is 2.75. The zero-order chi connectivity index (χ0) is 21.0. The molecule has 29 heavy (non-hydrogen) atoms. The predicted molar refractivity (Wildman–Crippen MR) is 107 cm³/mol. The summed E-state index contributed by atoms with van der Waals surface area (Å²) in [6.07, 6.45) is 0.339. The first-order valence-corrected chi connectivity index (χ1v) is 9.09. The van der Waals surface area contributed by atoms with E-state index in [4.69, 9.17) is 14.2 Å². The van der Waals surface area contributed by atoms with E-state index in [0.717, 1.165) is 0 Å². The minimum atomic E-state index is -0.415. The van der Waals surface area contributed by atoms with Crippen molar-refractivity contribution in [2.24, 2.45) is 0 Å². The zero-order valence-electron chi connectivity index (χ0n) is 16.5. The van der Waals surface area contributed by atoms with Crippen molar-refractivity contribution in [3.8, 4) is 17.2 Å². The summed E-state index contributed by atoms with van der Waals surface area (Å²) in [5.41, 5.74) is 1.32. The number of carbonyl (C=O) groups excluding carboxylic acids is 3. The topological polar surface area (TPSA) is 94.2 Å². The summed E-state index contributed by atoms with van der Waals surface area (Å²) in [7, 11) is 3.02. The van der Waals surface area contributed by atoms with Gasteiger partial charge in [0.15, 0.2) is 12.4 Å². The molecule has 0 saturated carbocycles. The lowest BCUT2D eigenvalue weighted by molar-refractivity contribution is -0.123. The molecule has 0 aromatic heterocycles. The summed E-state index contributed by atoms with van der Waals surface area (Å²) in [6, 6.07) is 9.87. The number of Topliss-reactive ketones (excluding diaryl/α,β-unsaturated/α-hetero) is 1. The van der Waals surface area contributed by atoms with Crippen molar-refractivity contribution >= 4 is 29.0 Å². The molecule has 3 rings (SSSR count). The third-order valence-corrected chi connectivity index (χ3v) is 4.53. The molecule has 0 fully saturated rings. The number of anilines is 2. The number of hydrogen-bond acceptors (Lipinski definition) is 6. The van der Waals surface area contributed by atoms with Crippen LogP contribution in [0, 0.1) is 0 Å². The first-order chi connectivity index (χ1) is 14.0. The molecule has 0 aliphatic carbocycles. The molecular weight excluding hydrogens is 376 g/mol. The molecule has 0 spiro atoms. The molecule has 0 unspecified atom stereocenters. The van der Waals surface area contributed by atoms with Crippen molar-refractivity contribution < 1.29 is 28.6 Å². The number of amides is 2. The molecule has 1 aliphatic heterocycles. The molecule has 2 amide bonds. The summed E-state index contributed by atoms with van der Waals surface area (Å²) in [4.78, 5) is 38.4. The molecular formula is C21H22N2O6. The van der Waals surface area contributed by atoms with E-state index < -0.39 is 5.91 Å². The number of nitrogens with zero attached hydrogens (tertiary/aromatic N) is 1. The minimum absolute atomic E-state index is 0.0572. The maximum absolute atomic E-state index is 12.6. The number of carbonyl (C=O) groups is 3. The number of ether oxygens (including phenoxy) is 3. The fourth-order valence-electron chi connectivity index (χ4n) is 2.99. The maximum atomic E-state index is 12.6. The Kier molecular flexibility index (Phi) is 6.01. The Bertz CT molecular complexity index is 956. The molecule has 152 valence electrons. The smallest absolute Gasteiger partial charge is 0.265 e. The van der Waals surface area contributed by atoms with Crippen molar-refractivity contribution in [2.75, 3.05) is 37.6 Å². The van der Waals surface area contributed by atoms with Crippen molar-refractivity contribution in [1.29, 1.82) is 0 Å². The van der Waals surface area contributed by atoms with Gasteiger partial charge in [0, 0.05) is 18.1 Å². The van der Waals surface area contributed by atoms with E-state index in [1.807, 2.05) is 0 Å². The van der Waals surface area contributed by atoms with Gasteiger partial charge in [-0.05, 0) is 30.3 Å². The average molecular weight is 398 g/mol. The molecule has 1 heterocycles. The predicted octanol–water partition coefficient (Wildman–Crippen LogP) is 2.66. The summed E-state index contributed by atoms with van der Waals surface area (Å²) >= 11 is 0. The van der Waals surface area contributed by atoms with E-state index in [0.29, 0.717) is 40.6 Å². The van der Waals surface area contributed by atoms with Crippen molar-refractivity contribution in [3.63, 3.8) is 0 Å². The third-order valence-electron chi connectivity index (χ3n) is 4.53. The van der Waals surface area contributed by atoms with Crippen LogP contribution >= 0.6 is 0 Å². The van der Waals surface area contributed by atoms with E-state index in [1.165, 1.54) is 19.1 Å². The number of ketones is 1. The lowest BCUT2D eigenvalue weighted by Crippen LogP contribution is -2.43. The number of hydrogen-bond donors (Lipinski definition) is 1. The van der Waals surface area contributed by atoms with Crippen LogP contribution in [-0.2, 0) is 9.59 Å². The van der Waals surface area contributed by atoms with Crippen LogP contribution in [-0.4, -0.2) is 45.0 Å². The highest BCUT2D eigenvalue weighted by atomic mass is 16.5. The van der Waals surface area contributed by atoms with Crippen LogP contribution in [0.25, 0.3) is 0 Å². The highest BCUT2D eigenvalue weighted by molar-refractivity contribution is 6.06. The van der Waals surface area contributed by atoms with Crippen molar-refractivity contribution in [2.45, 2.75) is 13.3 Å². The minimum Gasteiger partial charge on any atom is -0.497 e. The first kappa shape index (κ1) is 20.2. The molecule has 0 saturated heterocycles. The summed E-state index contributed by atoms with van der Waals surface area (Å²) in [6.45, 7) is 1.36. The lowest BCUT2D eigenvalue weighted by atomic mass is 10.1. The number of methoxy groups -OCH3 is 2. The molecule has 0 atom stereocenters. The molecule has 2 aromatic carbocycles. The molecule has 8 nitrogen and oxygen atoms in total. The van der Waals surface area contributed by atoms with Crippen LogP contribution in [0.2, 0.25) is 0 Å². The Morgan fingerprint density at radius 2 is 1.93 bits per heavy atom. The fraction of sp³-hybridized carbons (Fsp3) is 0.286. The van der Waals surface area contributed by atoms with E-state index in [9.17, 15) is 14.4 Å². The molecule has 0 radical (unpaired) electrons. The second kappa shape index (κ2) is 8.64. The van der Waals surface area contributed by atoms with Gasteiger partial charge in [-0.1, -0.05) is 6.92 Å². The SMILES string of the molecule is CCC(=O)c1ccc2c(c1)N(CC(=O)Nc1ccc(OC)cc1OC)C(=O)CO2. The van der Waals surface area contributed by atoms with Crippen LogP contribution in [0.15, 0.2) is 36.4 Å². The van der Waals surface area contributed by atoms with Crippen LogP contribution in [0.5, 0.6) is 17.2 Å². The van der Waals surface area contributed by atoms with Gasteiger partial charge in [0.25, 0.3) is 5.91 Å². The van der Waals surface area contributed by atoms with E-state index >= 15 is 0 Å². The normalized spacial score (nSPS) is 12.7. The van der Waals surface area contributed by atoms with Gasteiger partial charge in [0.2, 0.25) is 5.91 Å². The summed E-state index contributed by atoms with van der Waals surface area (Å²) < 4.78 is 15.8. The van der Waals surface area contributed by atoms with Gasteiger partial charge in [0.1, 0.15) is 23.8 Å². The molecule has 2 aromatic rings. The van der Waals surface area contributed by atoms with Gasteiger partial charge in [-0.15, -0.1) is 0 Å². The number of rotatable bonds is 7. The van der Waals surface area contributed by atoms with Gasteiger partial charge in [0.05, 0.1) is 25.6 Å². The standard InChI is InChI=1S/C21H22N2O6/c1-4-17(24)13-5-8-18-16(9-13)23(21(26)12-29-18)11-20(25)22-15-7-6-14(27-2)10-19(15)28-3/h5-10H,4,11-12H2,1-3H3,(H,22,25). The first-order valence-electron chi connectivity index (χ1n) is 9.09. The Labute approximate surface area is 168 Å². The Morgan fingerprint density at radius 1 is 1.14 bits per heavy atom. The van der Waals surface area contributed by atoms with Crippen molar-refractivity contribution in [3.05, 3.63) is 42.0 Å². The van der Waals surface area contributed by atoms with Crippen LogP contribution < -0.4 is 24.4 Å². The Hall–Kier alpha value is -3.55. The highest BCUT2D eigenvalue weighted by Crippen LogP contribution is 2.34. The number of benzene rings is 2. The maximum Gasteiger partial charge on any atom is 0.265 e. The Morgan fingerprint density at radius 3 is 2.62 bits per heavy atom. The van der Waals surface area contributed by atoms with Crippen LogP contribution in [0.1, 0.15) is 23.7 Å². The third kappa shape index (κ3) is 4.31. The van der Waals surface area contributed by atoms with Crippen molar-refractivity contribution in [1.82, 2.24) is 0 Å². The number of fused-ring (bicyclic) bond motifs is 1. The number of nitrogens with one attached hydrogen (secondary N) is 1. The second-order valence-electron chi connectivity index (χ2n) is 6.34. The van der Waals surface area contributed by atoms with E-state index in [2.05, 4.69) is 5.32 Å². The van der Waals surface area contributed by atoms with E-state index in [-0.39, 0.29) is 24.8 Å². The fourth-order valence-corrected chi connectivity index (χ4v) is 2.99. The van der Waals surface area contributed by atoms with Gasteiger partial charge >= 0.3 is 0 Å². The Balaban J connectivity index is 1.82. The van der Waals surface area contributed by atoms with Gasteiger partial charge < -0.3 is 19.5 Å². The monoisotopic (exact) mass is 398 g/mol. The highest BCUT2D eigenvalue weighted by Gasteiger charge is 2.28. The second-order valence-corrected chi connectivity index (χ2v) is 6.34. The summed E-state index contributed by atoms with van der Waals surface area (Å²) in [5, 5.41) is 2.74. The van der Waals surface area contributed by atoms with Gasteiger partial charge in [-0.2, -0.15) is 0 Å². The van der Waals surface area contributed by atoms with Crippen LogP contribution in [0.3, 0.4) is 0 Å². The zero-order valence-corrected chi connectivity index (χ0v) is 16.5. The largest absolute Gasteiger partial charge is 0.497 e. The molecule has 8 heteroatoms. The van der Waals surface area contributed by atoms with Gasteiger partial charge in [-0.25, -0.2) is 0 Å². The molecule has 1 aliphatic rings. The quantitative estimate of drug-likeness (QED) is 0.721. The molecule has 1 N–H and O–H groups in total.